The molecule has 0 spiro atoms. The van der Waals surface area contributed by atoms with Crippen molar-refractivity contribution in [1.82, 2.24) is 0 Å². The van der Waals surface area contributed by atoms with Crippen LogP contribution >= 0.6 is 0 Å². The summed E-state index contributed by atoms with van der Waals surface area (Å²) in [6.07, 6.45) is 1.99. The van der Waals surface area contributed by atoms with Gasteiger partial charge < -0.3 is 10.5 Å². The highest BCUT2D eigenvalue weighted by Crippen LogP contribution is 2.24. The van der Waals surface area contributed by atoms with Crippen molar-refractivity contribution in [2.75, 3.05) is 13.2 Å². The Labute approximate surface area is 121 Å². The summed E-state index contributed by atoms with van der Waals surface area (Å²) >= 11 is 0. The van der Waals surface area contributed by atoms with Gasteiger partial charge in [0, 0.05) is 5.92 Å². The molecule has 0 radical (unpaired) electrons. The van der Waals surface area contributed by atoms with Crippen LogP contribution in [0.25, 0.3) is 0 Å². The molecule has 0 heterocycles. The van der Waals surface area contributed by atoms with Gasteiger partial charge in [-0.1, -0.05) is 49.4 Å². The first kappa shape index (κ1) is 14.6. The van der Waals surface area contributed by atoms with Crippen molar-refractivity contribution in [3.05, 3.63) is 65.7 Å². The summed E-state index contributed by atoms with van der Waals surface area (Å²) < 4.78 is 5.70. The molecule has 2 nitrogen and oxygen atoms in total. The summed E-state index contributed by atoms with van der Waals surface area (Å²) in [6, 6.07) is 18.8. The van der Waals surface area contributed by atoms with Crippen molar-refractivity contribution in [3.8, 4) is 5.75 Å². The average Bonchev–Trinajstić information content (AvgIpc) is 2.52. The van der Waals surface area contributed by atoms with E-state index in [1.165, 1.54) is 11.1 Å². The van der Waals surface area contributed by atoms with Crippen LogP contribution in [0.15, 0.2) is 54.6 Å². The highest BCUT2D eigenvalue weighted by atomic mass is 16.5. The molecule has 106 valence electrons. The molecule has 0 aromatic heterocycles. The molecule has 1 unspecified atom stereocenters. The van der Waals surface area contributed by atoms with Gasteiger partial charge in [-0.25, -0.2) is 0 Å². The van der Waals surface area contributed by atoms with Crippen LogP contribution < -0.4 is 10.5 Å². The van der Waals surface area contributed by atoms with Gasteiger partial charge >= 0.3 is 0 Å². The number of benzene rings is 2. The van der Waals surface area contributed by atoms with Crippen LogP contribution in [0.3, 0.4) is 0 Å². The molecule has 0 bridgehead atoms. The quantitative estimate of drug-likeness (QED) is 0.830. The molecule has 2 heteroatoms. The van der Waals surface area contributed by atoms with Gasteiger partial charge in [0.15, 0.2) is 0 Å². The van der Waals surface area contributed by atoms with Crippen LogP contribution in [-0.4, -0.2) is 13.2 Å². The highest BCUT2D eigenvalue weighted by Gasteiger charge is 2.11. The summed E-state index contributed by atoms with van der Waals surface area (Å²) in [5.41, 5.74) is 8.54. The van der Waals surface area contributed by atoms with Crippen molar-refractivity contribution < 1.29 is 4.74 Å². The van der Waals surface area contributed by atoms with Crippen LogP contribution in [0.1, 0.15) is 30.4 Å². The molecule has 2 aromatic carbocycles. The lowest BCUT2D eigenvalue weighted by atomic mass is 9.92. The molecular weight excluding hydrogens is 246 g/mol. The van der Waals surface area contributed by atoms with E-state index < -0.39 is 0 Å². The second kappa shape index (κ2) is 7.71. The van der Waals surface area contributed by atoms with Gasteiger partial charge in [0.25, 0.3) is 0 Å². The fourth-order valence-corrected chi connectivity index (χ4v) is 2.31. The zero-order chi connectivity index (χ0) is 14.2. The number of hydrogen-bond donors (Lipinski definition) is 1. The van der Waals surface area contributed by atoms with Crippen LogP contribution in [0.5, 0.6) is 5.75 Å². The van der Waals surface area contributed by atoms with Crippen molar-refractivity contribution in [2.24, 2.45) is 5.73 Å². The molecule has 1 atom stereocenters. The minimum absolute atomic E-state index is 0.336. The molecule has 2 rings (SSSR count). The number of hydrogen-bond acceptors (Lipinski definition) is 2. The Morgan fingerprint density at radius 3 is 2.55 bits per heavy atom. The van der Waals surface area contributed by atoms with E-state index >= 15 is 0 Å². The predicted molar refractivity (Wildman–Crippen MR) is 84.2 cm³/mol. The third-order valence-electron chi connectivity index (χ3n) is 3.41. The summed E-state index contributed by atoms with van der Waals surface area (Å²) in [5.74, 6) is 1.28. The van der Waals surface area contributed by atoms with Gasteiger partial charge in [-0.05, 0) is 42.6 Å². The van der Waals surface area contributed by atoms with Gasteiger partial charge in [0.1, 0.15) is 5.75 Å². The van der Waals surface area contributed by atoms with Crippen LogP contribution in [0, 0.1) is 0 Å². The lowest BCUT2D eigenvalue weighted by Gasteiger charge is -2.16. The Morgan fingerprint density at radius 2 is 1.85 bits per heavy atom. The maximum absolute atomic E-state index is 5.96. The number of nitrogens with two attached hydrogens (primary N) is 1. The van der Waals surface area contributed by atoms with Crippen LogP contribution in [0.2, 0.25) is 0 Å². The molecule has 2 N–H and O–H groups in total. The Balaban J connectivity index is 2.10. The van der Waals surface area contributed by atoms with Crippen molar-refractivity contribution in [2.45, 2.75) is 25.7 Å². The summed E-state index contributed by atoms with van der Waals surface area (Å²) in [5, 5.41) is 0. The molecule has 0 aliphatic heterocycles. The van der Waals surface area contributed by atoms with Gasteiger partial charge in [-0.3, -0.25) is 0 Å². The molecule has 20 heavy (non-hydrogen) atoms. The lowest BCUT2D eigenvalue weighted by molar-refractivity contribution is 0.317. The standard InChI is InChI=1S/C18H23NO/c1-2-11-20-18-10-6-9-16(13-18)17(14-19)12-15-7-4-3-5-8-15/h3-10,13,17H,2,11-12,14,19H2,1H3. The van der Waals surface area contributed by atoms with Gasteiger partial charge in [0.05, 0.1) is 6.61 Å². The third kappa shape index (κ3) is 4.10. The van der Waals surface area contributed by atoms with Gasteiger partial charge in [0.2, 0.25) is 0 Å². The Hall–Kier alpha value is -1.80. The topological polar surface area (TPSA) is 35.2 Å². The van der Waals surface area contributed by atoms with E-state index in [2.05, 4.69) is 43.3 Å². The maximum Gasteiger partial charge on any atom is 0.119 e. The predicted octanol–water partition coefficient (Wildman–Crippen LogP) is 3.76. The zero-order valence-corrected chi connectivity index (χ0v) is 12.1. The average molecular weight is 269 g/mol. The fourth-order valence-electron chi connectivity index (χ4n) is 2.31. The number of ether oxygens (including phenoxy) is 1. The molecule has 2 aromatic rings. The first-order chi connectivity index (χ1) is 9.83. The van der Waals surface area contributed by atoms with Crippen molar-refractivity contribution in [1.29, 1.82) is 0 Å². The monoisotopic (exact) mass is 269 g/mol. The second-order valence-electron chi connectivity index (χ2n) is 5.04. The molecular formula is C18H23NO. The summed E-state index contributed by atoms with van der Waals surface area (Å²) in [7, 11) is 0. The van der Waals surface area contributed by atoms with E-state index in [0.29, 0.717) is 12.5 Å². The zero-order valence-electron chi connectivity index (χ0n) is 12.1. The highest BCUT2D eigenvalue weighted by molar-refractivity contribution is 5.32. The molecule has 0 saturated heterocycles. The molecule has 0 saturated carbocycles. The number of rotatable bonds is 7. The second-order valence-corrected chi connectivity index (χ2v) is 5.04. The first-order valence-electron chi connectivity index (χ1n) is 7.30. The first-order valence-corrected chi connectivity index (χ1v) is 7.30. The largest absolute Gasteiger partial charge is 0.494 e. The molecule has 0 amide bonds. The van der Waals surface area contributed by atoms with E-state index in [1.54, 1.807) is 0 Å². The maximum atomic E-state index is 5.96. The minimum Gasteiger partial charge on any atom is -0.494 e. The van der Waals surface area contributed by atoms with Crippen molar-refractivity contribution >= 4 is 0 Å². The molecule has 0 aliphatic rings. The third-order valence-corrected chi connectivity index (χ3v) is 3.41. The summed E-state index contributed by atoms with van der Waals surface area (Å²) in [4.78, 5) is 0. The normalized spacial score (nSPS) is 12.1. The minimum atomic E-state index is 0.336. The molecule has 0 fully saturated rings. The Kier molecular flexibility index (Phi) is 5.63. The summed E-state index contributed by atoms with van der Waals surface area (Å²) in [6.45, 7) is 3.52. The Bertz CT molecular complexity index is 510. The van der Waals surface area contributed by atoms with E-state index in [-0.39, 0.29) is 0 Å². The Morgan fingerprint density at radius 1 is 1.05 bits per heavy atom. The van der Waals surface area contributed by atoms with E-state index in [0.717, 1.165) is 25.2 Å². The van der Waals surface area contributed by atoms with E-state index in [1.807, 2.05) is 18.2 Å². The molecule has 0 aliphatic carbocycles. The lowest BCUT2D eigenvalue weighted by Crippen LogP contribution is -2.15. The van der Waals surface area contributed by atoms with Gasteiger partial charge in [-0.15, -0.1) is 0 Å². The van der Waals surface area contributed by atoms with E-state index in [9.17, 15) is 0 Å². The van der Waals surface area contributed by atoms with Crippen LogP contribution in [0.4, 0.5) is 0 Å². The smallest absolute Gasteiger partial charge is 0.119 e. The van der Waals surface area contributed by atoms with Crippen molar-refractivity contribution in [3.63, 3.8) is 0 Å². The fraction of sp³-hybridized carbons (Fsp3) is 0.333. The van der Waals surface area contributed by atoms with E-state index in [4.69, 9.17) is 10.5 Å². The van der Waals surface area contributed by atoms with Gasteiger partial charge in [-0.2, -0.15) is 0 Å². The SMILES string of the molecule is CCCOc1cccc(C(CN)Cc2ccccc2)c1. The van der Waals surface area contributed by atoms with Crippen LogP contribution in [-0.2, 0) is 6.42 Å².